The van der Waals surface area contributed by atoms with Crippen molar-refractivity contribution < 1.29 is 12.8 Å². The van der Waals surface area contributed by atoms with Crippen LogP contribution in [0.4, 0.5) is 0 Å². The fraction of sp³-hybridized carbons (Fsp3) is 0.750. The van der Waals surface area contributed by atoms with Gasteiger partial charge in [0.05, 0.1) is 6.20 Å². The third-order valence-corrected chi connectivity index (χ3v) is 4.13. The fourth-order valence-corrected chi connectivity index (χ4v) is 1.91. The van der Waals surface area contributed by atoms with Crippen LogP contribution in [0.5, 0.6) is 0 Å². The average Bonchev–Trinajstić information content (AvgIpc) is 2.61. The van der Waals surface area contributed by atoms with Gasteiger partial charge in [-0.3, -0.25) is 0 Å². The van der Waals surface area contributed by atoms with Gasteiger partial charge < -0.3 is 9.73 Å². The molecule has 0 spiro atoms. The summed E-state index contributed by atoms with van der Waals surface area (Å²) in [5, 5.41) is 2.68. The Bertz CT molecular complexity index is 486. The van der Waals surface area contributed by atoms with Gasteiger partial charge >= 0.3 is 0 Å². The fourth-order valence-electron chi connectivity index (χ4n) is 1.38. The first kappa shape index (κ1) is 15.2. The normalized spacial score (nSPS) is 14.7. The van der Waals surface area contributed by atoms with E-state index < -0.39 is 15.1 Å². The molecule has 0 radical (unpaired) electrons. The monoisotopic (exact) mass is 274 g/mol. The van der Waals surface area contributed by atoms with Crippen LogP contribution in [0.3, 0.4) is 0 Å². The molecule has 0 saturated heterocycles. The molecule has 1 atom stereocenters. The average molecular weight is 274 g/mol. The number of hydrogen-bond acceptors (Lipinski definition) is 5. The van der Waals surface area contributed by atoms with Gasteiger partial charge in [0.15, 0.2) is 15.7 Å². The van der Waals surface area contributed by atoms with Crippen LogP contribution in [0.2, 0.25) is 0 Å². The van der Waals surface area contributed by atoms with E-state index in [-0.39, 0.29) is 5.54 Å². The van der Waals surface area contributed by atoms with E-state index in [0.29, 0.717) is 18.1 Å². The van der Waals surface area contributed by atoms with Crippen molar-refractivity contribution in [3.63, 3.8) is 0 Å². The van der Waals surface area contributed by atoms with Gasteiger partial charge in [0.1, 0.15) is 11.0 Å². The second-order valence-corrected chi connectivity index (χ2v) is 7.92. The standard InChI is InChI=1S/C12H22N2O3S/c1-9(18(5,15)16)10-8-13-11(17-10)6-7-14-12(2,3)4/h8-9,14H,6-7H2,1-5H3. The van der Waals surface area contributed by atoms with E-state index >= 15 is 0 Å². The van der Waals surface area contributed by atoms with Crippen molar-refractivity contribution in [1.82, 2.24) is 10.3 Å². The number of hydrogen-bond donors (Lipinski definition) is 1. The highest BCUT2D eigenvalue weighted by Gasteiger charge is 2.21. The predicted molar refractivity (Wildman–Crippen MR) is 71.2 cm³/mol. The topological polar surface area (TPSA) is 72.2 Å². The van der Waals surface area contributed by atoms with Crippen LogP contribution in [0.1, 0.15) is 44.6 Å². The first-order valence-corrected chi connectivity index (χ1v) is 7.93. The highest BCUT2D eigenvalue weighted by atomic mass is 32.2. The van der Waals surface area contributed by atoms with E-state index in [1.165, 1.54) is 12.5 Å². The molecule has 0 aliphatic heterocycles. The maximum absolute atomic E-state index is 11.4. The molecule has 0 aliphatic rings. The summed E-state index contributed by atoms with van der Waals surface area (Å²) in [6, 6.07) is 0. The molecule has 1 aromatic rings. The Balaban J connectivity index is 2.59. The Labute approximate surface area is 109 Å². The predicted octanol–water partition coefficient (Wildman–Crippen LogP) is 1.71. The lowest BCUT2D eigenvalue weighted by Gasteiger charge is -2.19. The summed E-state index contributed by atoms with van der Waals surface area (Å²) in [4.78, 5) is 4.10. The van der Waals surface area contributed by atoms with E-state index in [4.69, 9.17) is 4.42 Å². The minimum atomic E-state index is -3.14. The Morgan fingerprint density at radius 1 is 1.44 bits per heavy atom. The molecule has 0 saturated carbocycles. The Hall–Kier alpha value is -0.880. The molecule has 5 nitrogen and oxygen atoms in total. The maximum atomic E-state index is 11.4. The molecule has 1 heterocycles. The van der Waals surface area contributed by atoms with Gasteiger partial charge in [-0.15, -0.1) is 0 Å². The molecule has 0 amide bonds. The second kappa shape index (κ2) is 5.40. The summed E-state index contributed by atoms with van der Waals surface area (Å²) in [6.45, 7) is 8.60. The molecular formula is C12H22N2O3S. The quantitative estimate of drug-likeness (QED) is 0.885. The van der Waals surface area contributed by atoms with Gasteiger partial charge in [-0.05, 0) is 27.7 Å². The van der Waals surface area contributed by atoms with Gasteiger partial charge in [0.25, 0.3) is 0 Å². The molecule has 1 aromatic heterocycles. The molecular weight excluding hydrogens is 252 g/mol. The van der Waals surface area contributed by atoms with Crippen LogP contribution in [-0.4, -0.2) is 31.7 Å². The summed E-state index contributed by atoms with van der Waals surface area (Å²) < 4.78 is 28.2. The highest BCUT2D eigenvalue weighted by molar-refractivity contribution is 7.90. The zero-order chi connectivity index (χ0) is 14.0. The van der Waals surface area contributed by atoms with E-state index in [9.17, 15) is 8.42 Å². The Morgan fingerprint density at radius 3 is 2.56 bits per heavy atom. The molecule has 0 aliphatic carbocycles. The van der Waals surface area contributed by atoms with Crippen molar-refractivity contribution in [3.8, 4) is 0 Å². The van der Waals surface area contributed by atoms with E-state index in [2.05, 4.69) is 31.1 Å². The molecule has 6 heteroatoms. The van der Waals surface area contributed by atoms with Crippen molar-refractivity contribution in [3.05, 3.63) is 17.8 Å². The summed E-state index contributed by atoms with van der Waals surface area (Å²) >= 11 is 0. The van der Waals surface area contributed by atoms with Gasteiger partial charge in [-0.25, -0.2) is 13.4 Å². The molecule has 1 rings (SSSR count). The Morgan fingerprint density at radius 2 is 2.06 bits per heavy atom. The Kier molecular flexibility index (Phi) is 4.55. The lowest BCUT2D eigenvalue weighted by Crippen LogP contribution is -2.37. The third kappa shape index (κ3) is 4.78. The molecule has 18 heavy (non-hydrogen) atoms. The summed E-state index contributed by atoms with van der Waals surface area (Å²) in [5.74, 6) is 0.973. The van der Waals surface area contributed by atoms with Gasteiger partial charge in [-0.1, -0.05) is 0 Å². The van der Waals surface area contributed by atoms with Gasteiger partial charge in [0.2, 0.25) is 0 Å². The molecule has 1 N–H and O–H groups in total. The molecule has 1 unspecified atom stereocenters. The van der Waals surface area contributed by atoms with Gasteiger partial charge in [-0.2, -0.15) is 0 Å². The first-order chi connectivity index (χ1) is 8.09. The van der Waals surface area contributed by atoms with E-state index in [1.54, 1.807) is 6.92 Å². The summed E-state index contributed by atoms with van der Waals surface area (Å²) in [5.41, 5.74) is 0.0511. The van der Waals surface area contributed by atoms with E-state index in [1.807, 2.05) is 0 Å². The van der Waals surface area contributed by atoms with Crippen molar-refractivity contribution in [1.29, 1.82) is 0 Å². The molecule has 0 fully saturated rings. The van der Waals surface area contributed by atoms with E-state index in [0.717, 1.165) is 6.54 Å². The minimum absolute atomic E-state index is 0.0511. The van der Waals surface area contributed by atoms with Crippen LogP contribution in [0, 0.1) is 0 Å². The van der Waals surface area contributed by atoms with Crippen molar-refractivity contribution in [2.24, 2.45) is 0 Å². The van der Waals surface area contributed by atoms with Crippen LogP contribution in [0.15, 0.2) is 10.6 Å². The molecule has 0 aromatic carbocycles. The van der Waals surface area contributed by atoms with Crippen molar-refractivity contribution in [2.75, 3.05) is 12.8 Å². The van der Waals surface area contributed by atoms with Crippen molar-refractivity contribution in [2.45, 2.75) is 44.9 Å². The number of nitrogens with zero attached hydrogens (tertiary/aromatic N) is 1. The largest absolute Gasteiger partial charge is 0.444 e. The number of sulfone groups is 1. The zero-order valence-corrected chi connectivity index (χ0v) is 12.5. The molecule has 104 valence electrons. The molecule has 0 bridgehead atoms. The minimum Gasteiger partial charge on any atom is -0.444 e. The number of nitrogens with one attached hydrogen (secondary N) is 1. The summed E-state index contributed by atoms with van der Waals surface area (Å²) in [7, 11) is -3.14. The zero-order valence-electron chi connectivity index (χ0n) is 11.6. The SMILES string of the molecule is CC(c1cnc(CCNC(C)(C)C)o1)S(C)(=O)=O. The lowest BCUT2D eigenvalue weighted by atomic mass is 10.1. The maximum Gasteiger partial charge on any atom is 0.195 e. The van der Waals surface area contributed by atoms with Crippen LogP contribution in [0.25, 0.3) is 0 Å². The van der Waals surface area contributed by atoms with Crippen LogP contribution in [-0.2, 0) is 16.3 Å². The van der Waals surface area contributed by atoms with Crippen LogP contribution >= 0.6 is 0 Å². The summed E-state index contributed by atoms with van der Waals surface area (Å²) in [6.07, 6.45) is 3.34. The second-order valence-electron chi connectivity index (χ2n) is 5.55. The van der Waals surface area contributed by atoms with Gasteiger partial charge in [0, 0.05) is 24.8 Å². The highest BCUT2D eigenvalue weighted by Crippen LogP contribution is 2.21. The first-order valence-electron chi connectivity index (χ1n) is 5.98. The number of oxazole rings is 1. The number of rotatable bonds is 5. The van der Waals surface area contributed by atoms with Crippen LogP contribution < -0.4 is 5.32 Å². The third-order valence-electron chi connectivity index (χ3n) is 2.61. The smallest absolute Gasteiger partial charge is 0.195 e. The van der Waals surface area contributed by atoms with Crippen molar-refractivity contribution >= 4 is 9.84 Å². The number of aromatic nitrogens is 1. The lowest BCUT2D eigenvalue weighted by molar-refractivity contribution is 0.401.